The molecule has 3 amide bonds. The molecule has 1 aliphatic carbocycles. The van der Waals surface area contributed by atoms with E-state index in [0.29, 0.717) is 31.5 Å². The predicted octanol–water partition coefficient (Wildman–Crippen LogP) is 0.145. The Morgan fingerprint density at radius 1 is 1.22 bits per heavy atom. The van der Waals surface area contributed by atoms with E-state index in [1.54, 1.807) is 4.90 Å². The van der Waals surface area contributed by atoms with Crippen LogP contribution in [0.25, 0.3) is 0 Å². The molecule has 27 heavy (non-hydrogen) atoms. The van der Waals surface area contributed by atoms with Crippen molar-refractivity contribution in [3.63, 3.8) is 0 Å². The lowest BCUT2D eigenvalue weighted by atomic mass is 9.74. The lowest BCUT2D eigenvalue weighted by Gasteiger charge is -2.34. The third-order valence-electron chi connectivity index (χ3n) is 6.66. The minimum absolute atomic E-state index is 0.0951. The van der Waals surface area contributed by atoms with E-state index in [1.807, 2.05) is 18.2 Å². The normalized spacial score (nSPS) is 31.7. The molecule has 3 N–H and O–H groups in total. The summed E-state index contributed by atoms with van der Waals surface area (Å²) in [5.74, 6) is 0.790. The van der Waals surface area contributed by atoms with Gasteiger partial charge in [-0.2, -0.15) is 0 Å². The number of nitrogens with one attached hydrogen (secondary N) is 3. The van der Waals surface area contributed by atoms with Gasteiger partial charge in [-0.15, -0.1) is 0 Å². The van der Waals surface area contributed by atoms with Crippen molar-refractivity contribution in [1.82, 2.24) is 20.9 Å². The first-order valence-electron chi connectivity index (χ1n) is 9.81. The molecule has 3 saturated heterocycles. The second kappa shape index (κ2) is 6.42. The average molecular weight is 368 g/mol. The number of carbonyl (C=O) groups is 3. The molecule has 1 unspecified atom stereocenters. The number of rotatable bonds is 5. The Kier molecular flexibility index (Phi) is 4.02. The summed E-state index contributed by atoms with van der Waals surface area (Å²) >= 11 is 0. The highest BCUT2D eigenvalue weighted by Gasteiger charge is 2.46. The van der Waals surface area contributed by atoms with Gasteiger partial charge in [0.25, 0.3) is 5.91 Å². The van der Waals surface area contributed by atoms with Gasteiger partial charge in [-0.1, -0.05) is 18.2 Å². The molecule has 0 aromatic heterocycles. The molecule has 5 aliphatic rings. The quantitative estimate of drug-likeness (QED) is 0.644. The summed E-state index contributed by atoms with van der Waals surface area (Å²) in [5, 5.41) is 9.41. The standard InChI is InChI=1S/C20H24N4O3/c25-17-5-4-16(19(26)23-17)24-10-12-3-1-2-11(18(12)20(24)27)7-21-9-14-13-6-15(14)22-8-13/h1-3,13-16,21-22H,4-10H2,(H,23,25,26)/t13-,14+,15-,16?/m0/s1. The minimum Gasteiger partial charge on any atom is -0.322 e. The molecule has 1 aromatic rings. The Hall–Kier alpha value is -2.25. The van der Waals surface area contributed by atoms with Gasteiger partial charge in [-0.3, -0.25) is 19.7 Å². The SMILES string of the molecule is O=C1CCC(N2Cc3cccc(CNC[C@@H]4[C@@H]5CN[C@H]4C5)c3C2=O)C(=O)N1. The molecule has 142 valence electrons. The van der Waals surface area contributed by atoms with Gasteiger partial charge in [0, 0.05) is 37.7 Å². The predicted molar refractivity (Wildman–Crippen MR) is 97.6 cm³/mol. The molecule has 0 spiro atoms. The molecular formula is C20H24N4O3. The van der Waals surface area contributed by atoms with E-state index < -0.39 is 6.04 Å². The zero-order valence-corrected chi connectivity index (χ0v) is 15.2. The van der Waals surface area contributed by atoms with E-state index in [4.69, 9.17) is 0 Å². The number of benzene rings is 1. The topological polar surface area (TPSA) is 90.5 Å². The van der Waals surface area contributed by atoms with Crippen molar-refractivity contribution in [3.8, 4) is 0 Å². The van der Waals surface area contributed by atoms with Crippen molar-refractivity contribution in [2.45, 2.75) is 44.4 Å². The van der Waals surface area contributed by atoms with Crippen LogP contribution in [0.5, 0.6) is 0 Å². The number of carbonyl (C=O) groups excluding carboxylic acids is 3. The second-order valence-corrected chi connectivity index (χ2v) is 8.16. The maximum Gasteiger partial charge on any atom is 0.255 e. The van der Waals surface area contributed by atoms with E-state index in [-0.39, 0.29) is 24.1 Å². The highest BCUT2D eigenvalue weighted by molar-refractivity contribution is 6.05. The Morgan fingerprint density at radius 2 is 2.11 bits per heavy atom. The number of piperidine rings is 1. The molecule has 2 bridgehead atoms. The largest absolute Gasteiger partial charge is 0.322 e. The monoisotopic (exact) mass is 368 g/mol. The lowest BCUT2D eigenvalue weighted by Crippen LogP contribution is -2.52. The maximum absolute atomic E-state index is 13.0. The average Bonchev–Trinajstić information content (AvgIpc) is 3.35. The summed E-state index contributed by atoms with van der Waals surface area (Å²) in [7, 11) is 0. The summed E-state index contributed by atoms with van der Waals surface area (Å²) in [6.45, 7) is 3.20. The summed E-state index contributed by atoms with van der Waals surface area (Å²) < 4.78 is 0. The third kappa shape index (κ3) is 2.76. The van der Waals surface area contributed by atoms with Crippen LogP contribution >= 0.6 is 0 Å². The van der Waals surface area contributed by atoms with E-state index in [0.717, 1.165) is 35.7 Å². The van der Waals surface area contributed by atoms with E-state index >= 15 is 0 Å². The zero-order chi connectivity index (χ0) is 18.5. The van der Waals surface area contributed by atoms with Crippen molar-refractivity contribution in [2.24, 2.45) is 11.8 Å². The zero-order valence-electron chi connectivity index (χ0n) is 15.2. The third-order valence-corrected chi connectivity index (χ3v) is 6.66. The summed E-state index contributed by atoms with van der Waals surface area (Å²) in [6, 6.07) is 6.03. The van der Waals surface area contributed by atoms with Gasteiger partial charge in [-0.25, -0.2) is 0 Å². The van der Waals surface area contributed by atoms with Gasteiger partial charge in [0.15, 0.2) is 0 Å². The molecular weight excluding hydrogens is 344 g/mol. The van der Waals surface area contributed by atoms with Crippen LogP contribution in [0, 0.1) is 11.8 Å². The fourth-order valence-electron chi connectivity index (χ4n) is 5.10. The first-order chi connectivity index (χ1) is 13.1. The number of hydrogen-bond donors (Lipinski definition) is 3. The molecule has 6 rings (SSSR count). The molecule has 4 heterocycles. The number of fused-ring (bicyclic) bond motifs is 2. The number of amides is 3. The molecule has 1 saturated carbocycles. The van der Waals surface area contributed by atoms with Crippen LogP contribution in [0.2, 0.25) is 0 Å². The first kappa shape index (κ1) is 16.9. The highest BCUT2D eigenvalue weighted by atomic mass is 16.2. The Balaban J connectivity index is 1.28. The molecule has 4 fully saturated rings. The van der Waals surface area contributed by atoms with Crippen LogP contribution in [-0.2, 0) is 22.7 Å². The van der Waals surface area contributed by atoms with Crippen LogP contribution in [0.15, 0.2) is 18.2 Å². The Morgan fingerprint density at radius 3 is 2.85 bits per heavy atom. The van der Waals surface area contributed by atoms with Crippen molar-refractivity contribution in [3.05, 3.63) is 34.9 Å². The van der Waals surface area contributed by atoms with Gasteiger partial charge in [-0.05, 0) is 42.3 Å². The van der Waals surface area contributed by atoms with Gasteiger partial charge >= 0.3 is 0 Å². The number of imide groups is 1. The van der Waals surface area contributed by atoms with Crippen molar-refractivity contribution in [2.75, 3.05) is 13.1 Å². The smallest absolute Gasteiger partial charge is 0.255 e. The van der Waals surface area contributed by atoms with E-state index in [1.165, 1.54) is 6.42 Å². The van der Waals surface area contributed by atoms with E-state index in [2.05, 4.69) is 16.0 Å². The van der Waals surface area contributed by atoms with Gasteiger partial charge < -0.3 is 15.5 Å². The van der Waals surface area contributed by atoms with Crippen molar-refractivity contribution in [1.29, 1.82) is 0 Å². The van der Waals surface area contributed by atoms with Crippen LogP contribution < -0.4 is 16.0 Å². The van der Waals surface area contributed by atoms with Gasteiger partial charge in [0.05, 0.1) is 0 Å². The number of nitrogens with zero attached hydrogens (tertiary/aromatic N) is 1. The molecule has 4 aliphatic heterocycles. The Bertz CT molecular complexity index is 809. The van der Waals surface area contributed by atoms with Gasteiger partial charge in [0.1, 0.15) is 6.04 Å². The van der Waals surface area contributed by atoms with E-state index in [9.17, 15) is 14.4 Å². The lowest BCUT2D eigenvalue weighted by molar-refractivity contribution is -0.136. The van der Waals surface area contributed by atoms with Gasteiger partial charge in [0.2, 0.25) is 11.8 Å². The molecule has 7 heteroatoms. The second-order valence-electron chi connectivity index (χ2n) is 8.16. The maximum atomic E-state index is 13.0. The van der Waals surface area contributed by atoms with Crippen LogP contribution in [0.1, 0.15) is 40.7 Å². The van der Waals surface area contributed by atoms with Crippen molar-refractivity contribution >= 4 is 17.7 Å². The number of hydrogen-bond acceptors (Lipinski definition) is 5. The molecule has 4 atom stereocenters. The van der Waals surface area contributed by atoms with Crippen LogP contribution in [0.3, 0.4) is 0 Å². The summed E-state index contributed by atoms with van der Waals surface area (Å²) in [4.78, 5) is 38.2. The Labute approximate surface area is 157 Å². The summed E-state index contributed by atoms with van der Waals surface area (Å²) in [5.41, 5.74) is 2.69. The fourth-order valence-corrected chi connectivity index (χ4v) is 5.10. The fraction of sp³-hybridized carbons (Fsp3) is 0.550. The summed E-state index contributed by atoms with van der Waals surface area (Å²) in [6.07, 6.45) is 1.98. The highest BCUT2D eigenvalue weighted by Crippen LogP contribution is 2.39. The first-order valence-corrected chi connectivity index (χ1v) is 9.81. The molecule has 0 radical (unpaired) electrons. The van der Waals surface area contributed by atoms with Crippen LogP contribution in [0.4, 0.5) is 0 Å². The van der Waals surface area contributed by atoms with Crippen molar-refractivity contribution < 1.29 is 14.4 Å². The minimum atomic E-state index is -0.555. The van der Waals surface area contributed by atoms with Crippen LogP contribution in [-0.4, -0.2) is 47.8 Å². The molecule has 1 aromatic carbocycles. The molecule has 7 nitrogen and oxygen atoms in total.